The van der Waals surface area contributed by atoms with E-state index in [2.05, 4.69) is 17.2 Å². The van der Waals surface area contributed by atoms with Gasteiger partial charge in [0.2, 0.25) is 0 Å². The van der Waals surface area contributed by atoms with E-state index in [0.717, 1.165) is 11.3 Å². The summed E-state index contributed by atoms with van der Waals surface area (Å²) in [4.78, 5) is 0. The Bertz CT molecular complexity index is 382. The summed E-state index contributed by atoms with van der Waals surface area (Å²) in [6.07, 6.45) is 0. The molecule has 0 aliphatic carbocycles. The largest absolute Gasteiger partial charge is 0.272 e. The maximum Gasteiger partial charge on any atom is 0.0925 e. The van der Waals surface area contributed by atoms with Crippen LogP contribution in [-0.2, 0) is 7.05 Å². The van der Waals surface area contributed by atoms with Crippen molar-refractivity contribution in [2.75, 3.05) is 0 Å². The van der Waals surface area contributed by atoms with Gasteiger partial charge < -0.3 is 0 Å². The van der Waals surface area contributed by atoms with E-state index < -0.39 is 0 Å². The van der Waals surface area contributed by atoms with Gasteiger partial charge in [0.15, 0.2) is 0 Å². The van der Waals surface area contributed by atoms with Crippen LogP contribution in [0, 0.1) is 13.0 Å². The molecule has 2 rings (SSSR count). The summed E-state index contributed by atoms with van der Waals surface area (Å²) in [5.41, 5.74) is 3.33. The number of aromatic nitrogens is 2. The minimum Gasteiger partial charge on any atom is -0.272 e. The second-order valence-electron chi connectivity index (χ2n) is 3.08. The van der Waals surface area contributed by atoms with E-state index >= 15 is 0 Å². The highest BCUT2D eigenvalue weighted by Gasteiger charge is 2.02. The Balaban J connectivity index is 2.48. The highest BCUT2D eigenvalue weighted by atomic mass is 15.3. The summed E-state index contributed by atoms with van der Waals surface area (Å²) < 4.78 is 1.88. The summed E-state index contributed by atoms with van der Waals surface area (Å²) in [7, 11) is 1.95. The number of hydrogen-bond donors (Lipinski definition) is 0. The van der Waals surface area contributed by atoms with Crippen LogP contribution < -0.4 is 0 Å². The normalized spacial score (nSPS) is 10.3. The first-order chi connectivity index (χ1) is 6.27. The molecule has 0 aliphatic rings. The van der Waals surface area contributed by atoms with E-state index in [9.17, 15) is 0 Å². The Kier molecular flexibility index (Phi) is 1.89. The van der Waals surface area contributed by atoms with Gasteiger partial charge in [-0.3, -0.25) is 4.68 Å². The fraction of sp³-hybridized carbons (Fsp3) is 0.182. The van der Waals surface area contributed by atoms with Crippen LogP contribution in [0.1, 0.15) is 5.69 Å². The maximum absolute atomic E-state index is 4.38. The van der Waals surface area contributed by atoms with Crippen molar-refractivity contribution < 1.29 is 0 Å². The highest BCUT2D eigenvalue weighted by Crippen LogP contribution is 2.17. The van der Waals surface area contributed by atoms with Gasteiger partial charge in [0.1, 0.15) is 0 Å². The molecule has 13 heavy (non-hydrogen) atoms. The monoisotopic (exact) mass is 171 g/mol. The zero-order valence-corrected chi connectivity index (χ0v) is 7.78. The molecule has 1 aromatic heterocycles. The lowest BCUT2D eigenvalue weighted by Crippen LogP contribution is -1.92. The average Bonchev–Trinajstić information content (AvgIpc) is 2.49. The van der Waals surface area contributed by atoms with Crippen LogP contribution in [0.25, 0.3) is 11.3 Å². The topological polar surface area (TPSA) is 17.8 Å². The van der Waals surface area contributed by atoms with Gasteiger partial charge in [0.05, 0.1) is 5.69 Å². The Hall–Kier alpha value is -1.57. The molecule has 0 N–H and O–H groups in total. The molecule has 2 nitrogen and oxygen atoms in total. The molecular weight excluding hydrogens is 160 g/mol. The lowest BCUT2D eigenvalue weighted by molar-refractivity contribution is 0.743. The van der Waals surface area contributed by atoms with Gasteiger partial charge >= 0.3 is 0 Å². The lowest BCUT2D eigenvalue weighted by atomic mass is 10.1. The Labute approximate surface area is 77.8 Å². The molecule has 1 aromatic carbocycles. The molecule has 0 atom stereocenters. The van der Waals surface area contributed by atoms with Crippen LogP contribution >= 0.6 is 0 Å². The number of nitrogens with zero attached hydrogens (tertiary/aromatic N) is 2. The third-order valence-electron chi connectivity index (χ3n) is 2.13. The third kappa shape index (κ3) is 1.47. The van der Waals surface area contributed by atoms with Gasteiger partial charge in [-0.1, -0.05) is 24.3 Å². The number of rotatable bonds is 1. The Morgan fingerprint density at radius 3 is 2.54 bits per heavy atom. The number of benzene rings is 1. The molecule has 0 spiro atoms. The number of hydrogen-bond acceptors (Lipinski definition) is 1. The van der Waals surface area contributed by atoms with Gasteiger partial charge in [-0.25, -0.2) is 0 Å². The van der Waals surface area contributed by atoms with Crippen molar-refractivity contribution in [2.24, 2.45) is 7.05 Å². The van der Waals surface area contributed by atoms with Gasteiger partial charge in [-0.05, 0) is 19.1 Å². The lowest BCUT2D eigenvalue weighted by Gasteiger charge is -1.93. The molecule has 2 aromatic rings. The quantitative estimate of drug-likeness (QED) is 0.643. The summed E-state index contributed by atoms with van der Waals surface area (Å²) in [5, 5.41) is 4.38. The van der Waals surface area contributed by atoms with Crippen molar-refractivity contribution in [1.82, 2.24) is 9.78 Å². The van der Waals surface area contributed by atoms with Crippen LogP contribution in [-0.4, -0.2) is 9.78 Å². The van der Waals surface area contributed by atoms with E-state index in [-0.39, 0.29) is 0 Å². The van der Waals surface area contributed by atoms with Gasteiger partial charge in [0.25, 0.3) is 0 Å². The Morgan fingerprint density at radius 1 is 1.31 bits per heavy atom. The fourth-order valence-electron chi connectivity index (χ4n) is 1.26. The first kappa shape index (κ1) is 8.05. The van der Waals surface area contributed by atoms with Crippen LogP contribution in [0.3, 0.4) is 0 Å². The summed E-state index contributed by atoms with van der Waals surface area (Å²) in [5.74, 6) is 0. The van der Waals surface area contributed by atoms with Crippen molar-refractivity contribution >= 4 is 0 Å². The smallest absolute Gasteiger partial charge is 0.0925 e. The Morgan fingerprint density at radius 2 is 2.00 bits per heavy atom. The second kappa shape index (κ2) is 3.05. The summed E-state index contributed by atoms with van der Waals surface area (Å²) in [6.45, 7) is 2.05. The minimum absolute atomic E-state index is 1.02. The molecule has 0 saturated carbocycles. The van der Waals surface area contributed by atoms with Crippen LogP contribution in [0.15, 0.2) is 30.3 Å². The standard InChI is InChI=1S/C11H11N2/c1-9-8-11(12-13(9)2)10-6-4-3-5-7-10/h4-8H,1-2H3. The van der Waals surface area contributed by atoms with Crippen molar-refractivity contribution in [3.8, 4) is 11.3 Å². The molecule has 0 bridgehead atoms. The molecular formula is C11H11N2. The van der Waals surface area contributed by atoms with E-state index in [0.29, 0.717) is 0 Å². The first-order valence-electron chi connectivity index (χ1n) is 4.24. The molecule has 1 heterocycles. The van der Waals surface area contributed by atoms with E-state index in [1.54, 1.807) is 0 Å². The van der Waals surface area contributed by atoms with Crippen LogP contribution in [0.4, 0.5) is 0 Å². The summed E-state index contributed by atoms with van der Waals surface area (Å²) >= 11 is 0. The van der Waals surface area contributed by atoms with Crippen molar-refractivity contribution in [1.29, 1.82) is 0 Å². The zero-order valence-electron chi connectivity index (χ0n) is 7.78. The van der Waals surface area contributed by atoms with Crippen LogP contribution in [0.5, 0.6) is 0 Å². The van der Waals surface area contributed by atoms with Gasteiger partial charge in [0, 0.05) is 18.3 Å². The molecule has 0 amide bonds. The SMILES string of the molecule is Cc1cc(-c2cc[c]cc2)nn1C. The van der Waals surface area contributed by atoms with Gasteiger partial charge in [-0.2, -0.15) is 5.10 Å². The average molecular weight is 171 g/mol. The first-order valence-corrected chi connectivity index (χ1v) is 4.24. The van der Waals surface area contributed by atoms with E-state index in [1.165, 1.54) is 5.69 Å². The molecule has 0 saturated heterocycles. The molecule has 0 fully saturated rings. The van der Waals surface area contributed by atoms with E-state index in [1.807, 2.05) is 42.9 Å². The van der Waals surface area contributed by atoms with Crippen molar-refractivity contribution in [3.63, 3.8) is 0 Å². The molecule has 0 aliphatic heterocycles. The molecule has 2 heteroatoms. The van der Waals surface area contributed by atoms with Crippen molar-refractivity contribution in [2.45, 2.75) is 6.92 Å². The maximum atomic E-state index is 4.38. The molecule has 0 unspecified atom stereocenters. The second-order valence-corrected chi connectivity index (χ2v) is 3.08. The summed E-state index contributed by atoms with van der Waals surface area (Å²) in [6, 6.07) is 12.9. The van der Waals surface area contributed by atoms with Crippen molar-refractivity contribution in [3.05, 3.63) is 42.1 Å². The highest BCUT2D eigenvalue weighted by molar-refractivity contribution is 5.58. The fourth-order valence-corrected chi connectivity index (χ4v) is 1.26. The predicted octanol–water partition coefficient (Wildman–Crippen LogP) is 2.20. The van der Waals surface area contributed by atoms with E-state index in [4.69, 9.17) is 0 Å². The van der Waals surface area contributed by atoms with Crippen LogP contribution in [0.2, 0.25) is 0 Å². The predicted molar refractivity (Wildman–Crippen MR) is 52.2 cm³/mol. The minimum atomic E-state index is 1.02. The molecule has 65 valence electrons. The molecule has 1 radical (unpaired) electrons. The number of aryl methyl sites for hydroxylation is 2. The van der Waals surface area contributed by atoms with Gasteiger partial charge in [-0.15, -0.1) is 0 Å². The zero-order chi connectivity index (χ0) is 9.26. The third-order valence-corrected chi connectivity index (χ3v) is 2.13.